The lowest BCUT2D eigenvalue weighted by atomic mass is 9.93. The molecule has 1 aromatic rings. The second-order valence-electron chi connectivity index (χ2n) is 5.17. The maximum Gasteiger partial charge on any atom is 0.330 e. The summed E-state index contributed by atoms with van der Waals surface area (Å²) in [6.45, 7) is 4.65. The van der Waals surface area contributed by atoms with E-state index in [9.17, 15) is 14.9 Å². The third-order valence-electron chi connectivity index (χ3n) is 3.33. The van der Waals surface area contributed by atoms with E-state index >= 15 is 0 Å². The van der Waals surface area contributed by atoms with Crippen molar-refractivity contribution in [1.29, 1.82) is 0 Å². The number of nitrogens with zero attached hydrogens (tertiary/aromatic N) is 1. The Morgan fingerprint density at radius 2 is 1.90 bits per heavy atom. The highest BCUT2D eigenvalue weighted by Gasteiger charge is 2.46. The monoisotopic (exact) mass is 280 g/mol. The van der Waals surface area contributed by atoms with Crippen molar-refractivity contribution in [2.45, 2.75) is 38.4 Å². The SMILES string of the molecule is COC(=O)[C@@H](N[C@@H](C)c1ccccc1)C(C)(C)[N+](=O)[O-]. The highest BCUT2D eigenvalue weighted by atomic mass is 16.6. The van der Waals surface area contributed by atoms with Crippen LogP contribution >= 0.6 is 0 Å². The molecule has 6 nitrogen and oxygen atoms in total. The zero-order chi connectivity index (χ0) is 15.3. The third kappa shape index (κ3) is 3.54. The lowest BCUT2D eigenvalue weighted by Gasteiger charge is -2.28. The van der Waals surface area contributed by atoms with Gasteiger partial charge in [-0.15, -0.1) is 0 Å². The van der Waals surface area contributed by atoms with Crippen molar-refractivity contribution in [3.63, 3.8) is 0 Å². The highest BCUT2D eigenvalue weighted by molar-refractivity contribution is 5.77. The van der Waals surface area contributed by atoms with E-state index in [0.717, 1.165) is 5.56 Å². The Kier molecular flexibility index (Phi) is 5.21. The molecule has 6 heteroatoms. The summed E-state index contributed by atoms with van der Waals surface area (Å²) in [5.41, 5.74) is -0.517. The van der Waals surface area contributed by atoms with Crippen LogP contribution in [0.15, 0.2) is 30.3 Å². The Labute approximate surface area is 118 Å². The van der Waals surface area contributed by atoms with Gasteiger partial charge in [-0.1, -0.05) is 30.3 Å². The van der Waals surface area contributed by atoms with Crippen LogP contribution in [0.4, 0.5) is 0 Å². The largest absolute Gasteiger partial charge is 0.468 e. The molecule has 110 valence electrons. The molecule has 1 aromatic carbocycles. The summed E-state index contributed by atoms with van der Waals surface area (Å²) in [5, 5.41) is 14.1. The summed E-state index contributed by atoms with van der Waals surface area (Å²) >= 11 is 0. The van der Waals surface area contributed by atoms with Gasteiger partial charge in [-0.05, 0) is 12.5 Å². The van der Waals surface area contributed by atoms with Gasteiger partial charge in [0.2, 0.25) is 5.54 Å². The van der Waals surface area contributed by atoms with E-state index in [4.69, 9.17) is 0 Å². The van der Waals surface area contributed by atoms with E-state index < -0.39 is 22.5 Å². The maximum absolute atomic E-state index is 11.8. The van der Waals surface area contributed by atoms with Crippen LogP contribution in [0.2, 0.25) is 0 Å². The van der Waals surface area contributed by atoms with Gasteiger partial charge in [0, 0.05) is 24.8 Å². The minimum atomic E-state index is -1.46. The maximum atomic E-state index is 11.8. The first-order chi connectivity index (χ1) is 9.30. The molecule has 0 amide bonds. The van der Waals surface area contributed by atoms with Gasteiger partial charge in [-0.2, -0.15) is 0 Å². The van der Waals surface area contributed by atoms with Crippen molar-refractivity contribution in [2.75, 3.05) is 7.11 Å². The number of esters is 1. The molecule has 0 aliphatic carbocycles. The summed E-state index contributed by atoms with van der Waals surface area (Å²) in [7, 11) is 1.22. The number of benzene rings is 1. The Bertz CT molecular complexity index is 473. The zero-order valence-electron chi connectivity index (χ0n) is 12.1. The number of carbonyl (C=O) groups excluding carboxylic acids is 1. The van der Waals surface area contributed by atoms with Crippen molar-refractivity contribution in [3.05, 3.63) is 46.0 Å². The first-order valence-corrected chi connectivity index (χ1v) is 6.34. The average molecular weight is 280 g/mol. The van der Waals surface area contributed by atoms with Gasteiger partial charge in [-0.3, -0.25) is 20.2 Å². The standard InChI is InChI=1S/C14H20N2O4/c1-10(11-8-6-5-7-9-11)15-12(13(17)20-4)14(2,3)16(18)19/h5-10,12,15H,1-4H3/t10-,12+/m0/s1. The number of nitro groups is 1. The molecule has 0 heterocycles. The van der Waals surface area contributed by atoms with Crippen LogP contribution in [0, 0.1) is 10.1 Å². The normalized spacial score (nSPS) is 14.4. The molecule has 0 saturated carbocycles. The van der Waals surface area contributed by atoms with E-state index in [1.807, 2.05) is 37.3 Å². The number of rotatable bonds is 6. The van der Waals surface area contributed by atoms with Crippen molar-refractivity contribution < 1.29 is 14.5 Å². The number of hydrogen-bond acceptors (Lipinski definition) is 5. The number of ether oxygens (including phenoxy) is 1. The van der Waals surface area contributed by atoms with E-state index in [2.05, 4.69) is 10.1 Å². The number of hydrogen-bond donors (Lipinski definition) is 1. The highest BCUT2D eigenvalue weighted by Crippen LogP contribution is 2.20. The van der Waals surface area contributed by atoms with Gasteiger partial charge >= 0.3 is 5.97 Å². The topological polar surface area (TPSA) is 81.5 Å². The first-order valence-electron chi connectivity index (χ1n) is 6.34. The van der Waals surface area contributed by atoms with Crippen LogP contribution in [0.25, 0.3) is 0 Å². The van der Waals surface area contributed by atoms with Crippen LogP contribution in [0.1, 0.15) is 32.4 Å². The Morgan fingerprint density at radius 3 is 2.35 bits per heavy atom. The second kappa shape index (κ2) is 6.47. The Balaban J connectivity index is 2.97. The average Bonchev–Trinajstić information content (AvgIpc) is 2.44. The van der Waals surface area contributed by atoms with E-state index in [1.165, 1.54) is 21.0 Å². The minimum Gasteiger partial charge on any atom is -0.468 e. The van der Waals surface area contributed by atoms with Crippen LogP contribution < -0.4 is 5.32 Å². The molecular weight excluding hydrogens is 260 g/mol. The molecule has 2 atom stereocenters. The van der Waals surface area contributed by atoms with Gasteiger partial charge in [0.05, 0.1) is 7.11 Å². The fourth-order valence-electron chi connectivity index (χ4n) is 1.87. The van der Waals surface area contributed by atoms with Gasteiger partial charge < -0.3 is 4.74 Å². The van der Waals surface area contributed by atoms with Crippen molar-refractivity contribution in [1.82, 2.24) is 5.32 Å². The summed E-state index contributed by atoms with van der Waals surface area (Å²) in [5.74, 6) is -0.644. The lowest BCUT2D eigenvalue weighted by Crippen LogP contribution is -2.57. The number of methoxy groups -OCH3 is 1. The second-order valence-corrected chi connectivity index (χ2v) is 5.17. The molecule has 0 aliphatic rings. The van der Waals surface area contributed by atoms with E-state index in [-0.39, 0.29) is 6.04 Å². The van der Waals surface area contributed by atoms with Crippen molar-refractivity contribution >= 4 is 5.97 Å². The smallest absolute Gasteiger partial charge is 0.330 e. The lowest BCUT2D eigenvalue weighted by molar-refractivity contribution is -0.563. The molecular formula is C14H20N2O4. The number of carbonyl (C=O) groups is 1. The molecule has 0 fully saturated rings. The van der Waals surface area contributed by atoms with Gasteiger partial charge in [-0.25, -0.2) is 0 Å². The molecule has 1 rings (SSSR count). The molecule has 20 heavy (non-hydrogen) atoms. The number of nitrogens with one attached hydrogen (secondary N) is 1. The molecule has 0 aromatic heterocycles. The van der Waals surface area contributed by atoms with E-state index in [0.29, 0.717) is 0 Å². The molecule has 0 unspecified atom stereocenters. The van der Waals surface area contributed by atoms with Crippen molar-refractivity contribution in [2.24, 2.45) is 0 Å². The molecule has 0 radical (unpaired) electrons. The summed E-state index contributed by atoms with van der Waals surface area (Å²) in [4.78, 5) is 22.5. The van der Waals surface area contributed by atoms with Crippen LogP contribution in [0.5, 0.6) is 0 Å². The first kappa shape index (κ1) is 16.1. The van der Waals surface area contributed by atoms with Crippen LogP contribution in [-0.4, -0.2) is 29.6 Å². The minimum absolute atomic E-state index is 0.209. The summed E-state index contributed by atoms with van der Waals surface area (Å²) < 4.78 is 4.68. The Hall–Kier alpha value is -1.95. The predicted octanol–water partition coefficient (Wildman–Crippen LogP) is 1.93. The zero-order valence-corrected chi connectivity index (χ0v) is 12.1. The fraction of sp³-hybridized carbons (Fsp3) is 0.500. The Morgan fingerprint density at radius 1 is 1.35 bits per heavy atom. The van der Waals surface area contributed by atoms with Gasteiger partial charge in [0.25, 0.3) is 0 Å². The molecule has 1 N–H and O–H groups in total. The van der Waals surface area contributed by atoms with Crippen LogP contribution in [-0.2, 0) is 9.53 Å². The third-order valence-corrected chi connectivity index (χ3v) is 3.33. The van der Waals surface area contributed by atoms with E-state index in [1.54, 1.807) is 0 Å². The van der Waals surface area contributed by atoms with Gasteiger partial charge in [0.1, 0.15) is 0 Å². The van der Waals surface area contributed by atoms with Crippen LogP contribution in [0.3, 0.4) is 0 Å². The summed E-state index contributed by atoms with van der Waals surface area (Å²) in [6.07, 6.45) is 0. The van der Waals surface area contributed by atoms with Gasteiger partial charge in [0.15, 0.2) is 6.04 Å². The molecule has 0 aliphatic heterocycles. The molecule has 0 spiro atoms. The quantitative estimate of drug-likeness (QED) is 0.489. The molecule has 0 saturated heterocycles. The van der Waals surface area contributed by atoms with Crippen molar-refractivity contribution in [3.8, 4) is 0 Å². The summed E-state index contributed by atoms with van der Waals surface area (Å²) in [6, 6.07) is 8.18. The molecule has 0 bridgehead atoms. The fourth-order valence-corrected chi connectivity index (χ4v) is 1.87. The predicted molar refractivity (Wildman–Crippen MR) is 74.9 cm³/mol.